The van der Waals surface area contributed by atoms with Gasteiger partial charge in [-0.05, 0) is 5.56 Å². The molecule has 0 aliphatic heterocycles. The number of hydrogen-bond acceptors (Lipinski definition) is 1. The predicted molar refractivity (Wildman–Crippen MR) is 50.1 cm³/mol. The lowest BCUT2D eigenvalue weighted by molar-refractivity contribution is -0.316. The van der Waals surface area contributed by atoms with Gasteiger partial charge in [0.1, 0.15) is 0 Å². The van der Waals surface area contributed by atoms with Crippen LogP contribution >= 0.6 is 15.9 Å². The minimum Gasteiger partial charge on any atom is -0.310 e. The molecule has 0 fully saturated rings. The minimum atomic E-state index is -4.52. The van der Waals surface area contributed by atoms with Crippen LogP contribution in [0.4, 0.5) is 17.6 Å². The fourth-order valence-electron chi connectivity index (χ4n) is 0.830. The topological polar surface area (TPSA) is 9.23 Å². The number of rotatable bonds is 4. The number of alkyl halides is 5. The fraction of sp³-hybridized carbons (Fsp3) is 0.333. The molecule has 1 rings (SSSR count). The lowest BCUT2D eigenvalue weighted by Gasteiger charge is -2.21. The molecule has 6 heteroatoms. The summed E-state index contributed by atoms with van der Waals surface area (Å²) in [5.74, 6) is 0. The maximum Gasteiger partial charge on any atom is 0.430 e. The minimum absolute atomic E-state index is 0.397. The van der Waals surface area contributed by atoms with Gasteiger partial charge >= 0.3 is 10.9 Å². The lowest BCUT2D eigenvalue weighted by Crippen LogP contribution is -2.37. The number of halogens is 5. The Morgan fingerprint density at radius 3 is 2.07 bits per heavy atom. The Kier molecular flexibility index (Phi) is 3.72. The van der Waals surface area contributed by atoms with E-state index in [1.165, 1.54) is 12.1 Å². The van der Waals surface area contributed by atoms with Crippen molar-refractivity contribution in [2.75, 3.05) is 0 Å². The third-order valence-corrected chi connectivity index (χ3v) is 2.05. The third kappa shape index (κ3) is 3.46. The molecule has 1 aromatic rings. The van der Waals surface area contributed by atoms with Gasteiger partial charge in [-0.3, -0.25) is 0 Å². The Balaban J connectivity index is 2.58. The Hall–Kier alpha value is -0.620. The molecule has 0 saturated heterocycles. The Morgan fingerprint density at radius 1 is 1.07 bits per heavy atom. The van der Waals surface area contributed by atoms with Gasteiger partial charge in [-0.15, -0.1) is 0 Å². The van der Waals surface area contributed by atoms with E-state index >= 15 is 0 Å². The van der Waals surface area contributed by atoms with Crippen LogP contribution in [0.25, 0.3) is 0 Å². The van der Waals surface area contributed by atoms with Gasteiger partial charge in [-0.2, -0.15) is 17.6 Å². The van der Waals surface area contributed by atoms with Gasteiger partial charge in [0.2, 0.25) is 0 Å². The van der Waals surface area contributed by atoms with Crippen molar-refractivity contribution in [1.29, 1.82) is 0 Å². The van der Waals surface area contributed by atoms with Crippen molar-refractivity contribution in [2.45, 2.75) is 17.5 Å². The molecule has 0 bridgehead atoms. The van der Waals surface area contributed by atoms with Crippen molar-refractivity contribution < 1.29 is 22.3 Å². The average molecular weight is 287 g/mol. The highest BCUT2D eigenvalue weighted by atomic mass is 79.9. The average Bonchev–Trinajstić information content (AvgIpc) is 2.15. The highest BCUT2D eigenvalue weighted by Gasteiger charge is 2.56. The van der Waals surface area contributed by atoms with E-state index in [0.29, 0.717) is 5.56 Å². The molecule has 0 amide bonds. The molecular formula is C9H7BrF4O. The first kappa shape index (κ1) is 12.4. The van der Waals surface area contributed by atoms with Crippen LogP contribution in [-0.2, 0) is 11.3 Å². The molecule has 0 aliphatic carbocycles. The summed E-state index contributed by atoms with van der Waals surface area (Å²) in [6.45, 7) is -0.574. The molecule has 1 nitrogen and oxygen atoms in total. The van der Waals surface area contributed by atoms with E-state index in [1.807, 2.05) is 0 Å². The van der Waals surface area contributed by atoms with E-state index in [9.17, 15) is 17.6 Å². The summed E-state index contributed by atoms with van der Waals surface area (Å²) in [7, 11) is 0. The van der Waals surface area contributed by atoms with Crippen LogP contribution in [-0.4, -0.2) is 10.9 Å². The van der Waals surface area contributed by atoms with Crippen molar-refractivity contribution >= 4 is 15.9 Å². The zero-order valence-electron chi connectivity index (χ0n) is 7.39. The predicted octanol–water partition coefficient (Wildman–Crippen LogP) is 3.78. The molecule has 0 unspecified atom stereocenters. The molecule has 0 N–H and O–H groups in total. The van der Waals surface area contributed by atoms with Gasteiger partial charge < -0.3 is 4.74 Å². The summed E-state index contributed by atoms with van der Waals surface area (Å²) in [4.78, 5) is -4.37. The molecule has 0 heterocycles. The van der Waals surface area contributed by atoms with Crippen molar-refractivity contribution in [1.82, 2.24) is 0 Å². The SMILES string of the molecule is FC(F)(Br)C(F)(F)OCc1ccccc1. The van der Waals surface area contributed by atoms with E-state index in [-0.39, 0.29) is 0 Å². The summed E-state index contributed by atoms with van der Waals surface area (Å²) >= 11 is 1.57. The van der Waals surface area contributed by atoms with Gasteiger partial charge in [-0.25, -0.2) is 0 Å². The van der Waals surface area contributed by atoms with E-state index in [1.54, 1.807) is 34.1 Å². The molecule has 1 aromatic carbocycles. The van der Waals surface area contributed by atoms with Crippen LogP contribution < -0.4 is 0 Å². The maximum atomic E-state index is 12.6. The van der Waals surface area contributed by atoms with Crippen LogP contribution in [0.2, 0.25) is 0 Å². The number of ether oxygens (including phenoxy) is 1. The second-order valence-corrected chi connectivity index (χ2v) is 3.78. The molecule has 15 heavy (non-hydrogen) atoms. The van der Waals surface area contributed by atoms with Gasteiger partial charge in [0.25, 0.3) is 0 Å². The normalized spacial score (nSPS) is 12.9. The van der Waals surface area contributed by atoms with Crippen molar-refractivity contribution in [3.8, 4) is 0 Å². The van der Waals surface area contributed by atoms with Crippen LogP contribution in [0.3, 0.4) is 0 Å². The quantitative estimate of drug-likeness (QED) is 0.605. The fourth-order valence-corrected chi connectivity index (χ4v) is 0.944. The summed E-state index contributed by atoms with van der Waals surface area (Å²) in [5, 5.41) is 0. The second kappa shape index (κ2) is 4.49. The summed E-state index contributed by atoms with van der Waals surface area (Å²) in [6.07, 6.45) is -4.52. The van der Waals surface area contributed by atoms with Gasteiger partial charge in [0, 0.05) is 15.9 Å². The lowest BCUT2D eigenvalue weighted by atomic mass is 10.2. The highest BCUT2D eigenvalue weighted by molar-refractivity contribution is 9.10. The standard InChI is InChI=1S/C9H7BrF4O/c10-8(11,12)9(13,14)15-6-7-4-2-1-3-5-7/h1-5H,6H2. The molecular weight excluding hydrogens is 280 g/mol. The van der Waals surface area contributed by atoms with Gasteiger partial charge in [-0.1, -0.05) is 30.3 Å². The summed E-state index contributed by atoms with van der Waals surface area (Å²) in [5.41, 5.74) is 0.397. The number of benzene rings is 1. The van der Waals surface area contributed by atoms with Crippen LogP contribution in [0.1, 0.15) is 5.56 Å². The van der Waals surface area contributed by atoms with E-state index in [2.05, 4.69) is 4.74 Å². The monoisotopic (exact) mass is 286 g/mol. The highest BCUT2D eigenvalue weighted by Crippen LogP contribution is 2.40. The second-order valence-electron chi connectivity index (χ2n) is 2.79. The molecule has 84 valence electrons. The molecule has 0 aromatic heterocycles. The van der Waals surface area contributed by atoms with Crippen molar-refractivity contribution in [3.05, 3.63) is 35.9 Å². The maximum absolute atomic E-state index is 12.6. The first-order valence-electron chi connectivity index (χ1n) is 3.95. The smallest absolute Gasteiger partial charge is 0.310 e. The molecule has 0 saturated carbocycles. The third-order valence-electron chi connectivity index (χ3n) is 1.59. The molecule has 0 spiro atoms. The van der Waals surface area contributed by atoms with Crippen LogP contribution in [0.15, 0.2) is 30.3 Å². The molecule has 0 aliphatic rings. The van der Waals surface area contributed by atoms with E-state index < -0.39 is 17.5 Å². The summed E-state index contributed by atoms with van der Waals surface area (Å²) in [6, 6.07) is 7.89. The first-order valence-corrected chi connectivity index (χ1v) is 4.74. The van der Waals surface area contributed by atoms with Gasteiger partial charge in [0.05, 0.1) is 6.61 Å². The van der Waals surface area contributed by atoms with Crippen molar-refractivity contribution in [2.24, 2.45) is 0 Å². The Bertz CT molecular complexity index is 310. The number of hydrogen-bond donors (Lipinski definition) is 0. The Labute approximate surface area is 92.2 Å². The van der Waals surface area contributed by atoms with E-state index in [0.717, 1.165) is 0 Å². The molecule has 0 radical (unpaired) electrons. The van der Waals surface area contributed by atoms with E-state index in [4.69, 9.17) is 0 Å². The zero-order valence-corrected chi connectivity index (χ0v) is 8.98. The van der Waals surface area contributed by atoms with Crippen molar-refractivity contribution in [3.63, 3.8) is 0 Å². The zero-order chi connectivity index (χ0) is 11.5. The van der Waals surface area contributed by atoms with Crippen LogP contribution in [0, 0.1) is 0 Å². The Morgan fingerprint density at radius 2 is 1.60 bits per heavy atom. The first-order chi connectivity index (χ1) is 6.83. The van der Waals surface area contributed by atoms with Gasteiger partial charge in [0.15, 0.2) is 0 Å². The largest absolute Gasteiger partial charge is 0.430 e. The molecule has 0 atom stereocenters. The summed E-state index contributed by atoms with van der Waals surface area (Å²) < 4.78 is 53.5. The van der Waals surface area contributed by atoms with Crippen LogP contribution in [0.5, 0.6) is 0 Å².